The Bertz CT molecular complexity index is 789. The standard InChI is InChI=1S/C20H22ClNO5/c1-13(2)27-19(23)11-22-20(24)15-6-9-17(18(10-15)25-3)26-12-14-4-7-16(21)8-5-14/h4-10,13H,11-12H2,1-3H3,(H,22,24). The maximum atomic E-state index is 12.2. The van der Waals surface area contributed by atoms with Gasteiger partial charge in [-0.1, -0.05) is 23.7 Å². The summed E-state index contributed by atoms with van der Waals surface area (Å²) in [5.74, 6) is 0.0241. The summed E-state index contributed by atoms with van der Waals surface area (Å²) in [6.07, 6.45) is -0.230. The summed E-state index contributed by atoms with van der Waals surface area (Å²) in [4.78, 5) is 23.7. The number of rotatable bonds is 8. The second-order valence-electron chi connectivity index (χ2n) is 6.00. The van der Waals surface area contributed by atoms with Gasteiger partial charge in [0.25, 0.3) is 5.91 Å². The number of ether oxygens (including phenoxy) is 3. The van der Waals surface area contributed by atoms with Crippen molar-refractivity contribution in [3.05, 3.63) is 58.6 Å². The van der Waals surface area contributed by atoms with Crippen LogP contribution in [0.25, 0.3) is 0 Å². The van der Waals surface area contributed by atoms with E-state index in [1.165, 1.54) is 7.11 Å². The minimum atomic E-state index is -0.492. The SMILES string of the molecule is COc1cc(C(=O)NCC(=O)OC(C)C)ccc1OCc1ccc(Cl)cc1. The summed E-state index contributed by atoms with van der Waals surface area (Å²) in [6.45, 7) is 3.62. The van der Waals surface area contributed by atoms with Crippen molar-refractivity contribution in [3.63, 3.8) is 0 Å². The number of carbonyl (C=O) groups excluding carboxylic acids is 2. The van der Waals surface area contributed by atoms with Crippen LogP contribution in [0.15, 0.2) is 42.5 Å². The van der Waals surface area contributed by atoms with E-state index in [4.69, 9.17) is 25.8 Å². The molecule has 0 aliphatic rings. The molecular weight excluding hydrogens is 370 g/mol. The van der Waals surface area contributed by atoms with E-state index in [2.05, 4.69) is 5.32 Å². The predicted molar refractivity (Wildman–Crippen MR) is 102 cm³/mol. The van der Waals surface area contributed by atoms with Gasteiger partial charge in [-0.2, -0.15) is 0 Å². The fraction of sp³-hybridized carbons (Fsp3) is 0.300. The number of nitrogens with one attached hydrogen (secondary N) is 1. The fourth-order valence-corrected chi connectivity index (χ4v) is 2.35. The molecule has 0 heterocycles. The molecule has 0 spiro atoms. The topological polar surface area (TPSA) is 73.9 Å². The van der Waals surface area contributed by atoms with Gasteiger partial charge in [-0.15, -0.1) is 0 Å². The minimum absolute atomic E-state index is 0.200. The van der Waals surface area contributed by atoms with Crippen LogP contribution in [0.3, 0.4) is 0 Å². The van der Waals surface area contributed by atoms with Crippen LogP contribution in [0, 0.1) is 0 Å². The lowest BCUT2D eigenvalue weighted by molar-refractivity contribution is -0.146. The number of benzene rings is 2. The monoisotopic (exact) mass is 391 g/mol. The molecule has 1 N–H and O–H groups in total. The van der Waals surface area contributed by atoms with E-state index in [0.29, 0.717) is 28.7 Å². The van der Waals surface area contributed by atoms with Crippen molar-refractivity contribution in [2.45, 2.75) is 26.6 Å². The highest BCUT2D eigenvalue weighted by molar-refractivity contribution is 6.30. The van der Waals surface area contributed by atoms with Gasteiger partial charge in [0.05, 0.1) is 13.2 Å². The van der Waals surface area contributed by atoms with Crippen molar-refractivity contribution in [1.82, 2.24) is 5.32 Å². The first-order chi connectivity index (χ1) is 12.9. The molecule has 0 bridgehead atoms. The maximum absolute atomic E-state index is 12.2. The largest absolute Gasteiger partial charge is 0.493 e. The van der Waals surface area contributed by atoms with E-state index in [1.807, 2.05) is 12.1 Å². The van der Waals surface area contributed by atoms with Gasteiger partial charge in [-0.3, -0.25) is 9.59 Å². The molecule has 0 saturated heterocycles. The first-order valence-corrected chi connectivity index (χ1v) is 8.79. The van der Waals surface area contributed by atoms with Crippen LogP contribution in [0.1, 0.15) is 29.8 Å². The number of esters is 1. The predicted octanol–water partition coefficient (Wildman–Crippen LogP) is 3.61. The van der Waals surface area contributed by atoms with Crippen LogP contribution in [-0.2, 0) is 16.1 Å². The lowest BCUT2D eigenvalue weighted by atomic mass is 10.2. The molecule has 0 atom stereocenters. The zero-order valence-electron chi connectivity index (χ0n) is 15.5. The Balaban J connectivity index is 1.98. The first kappa shape index (κ1) is 20.6. The van der Waals surface area contributed by atoms with Gasteiger partial charge in [0.1, 0.15) is 13.2 Å². The molecule has 0 aliphatic carbocycles. The van der Waals surface area contributed by atoms with E-state index >= 15 is 0 Å². The molecule has 0 aromatic heterocycles. The van der Waals surface area contributed by atoms with Crippen LogP contribution in [0.4, 0.5) is 0 Å². The fourth-order valence-electron chi connectivity index (χ4n) is 2.23. The Labute approximate surface area is 163 Å². The van der Waals surface area contributed by atoms with E-state index in [0.717, 1.165) is 5.56 Å². The molecule has 2 aromatic rings. The highest BCUT2D eigenvalue weighted by atomic mass is 35.5. The number of hydrogen-bond acceptors (Lipinski definition) is 5. The van der Waals surface area contributed by atoms with Gasteiger partial charge in [0.2, 0.25) is 0 Å². The average molecular weight is 392 g/mol. The number of hydrogen-bond donors (Lipinski definition) is 1. The van der Waals surface area contributed by atoms with E-state index in [1.54, 1.807) is 44.2 Å². The summed E-state index contributed by atoms with van der Waals surface area (Å²) in [5.41, 5.74) is 1.30. The Hall–Kier alpha value is -2.73. The zero-order chi connectivity index (χ0) is 19.8. The highest BCUT2D eigenvalue weighted by Crippen LogP contribution is 2.29. The number of halogens is 1. The lowest BCUT2D eigenvalue weighted by Gasteiger charge is -2.13. The second-order valence-corrected chi connectivity index (χ2v) is 6.44. The number of amides is 1. The molecule has 0 saturated carbocycles. The van der Waals surface area contributed by atoms with Crippen molar-refractivity contribution >= 4 is 23.5 Å². The Morgan fingerprint density at radius 1 is 1.07 bits per heavy atom. The molecule has 0 radical (unpaired) electrons. The number of methoxy groups -OCH3 is 1. The Morgan fingerprint density at radius 2 is 1.78 bits per heavy atom. The average Bonchev–Trinajstić information content (AvgIpc) is 2.65. The summed E-state index contributed by atoms with van der Waals surface area (Å²) in [6, 6.07) is 12.1. The summed E-state index contributed by atoms with van der Waals surface area (Å²) < 4.78 is 16.0. The molecule has 7 heteroatoms. The molecule has 0 aliphatic heterocycles. The quantitative estimate of drug-likeness (QED) is 0.696. The van der Waals surface area contributed by atoms with Crippen LogP contribution in [-0.4, -0.2) is 31.6 Å². The van der Waals surface area contributed by atoms with Crippen molar-refractivity contribution in [2.24, 2.45) is 0 Å². The third-order valence-electron chi connectivity index (χ3n) is 3.49. The van der Waals surface area contributed by atoms with Gasteiger partial charge in [0.15, 0.2) is 11.5 Å². The normalized spacial score (nSPS) is 10.4. The minimum Gasteiger partial charge on any atom is -0.493 e. The maximum Gasteiger partial charge on any atom is 0.325 e. The summed E-state index contributed by atoms with van der Waals surface area (Å²) in [5, 5.41) is 3.17. The Morgan fingerprint density at radius 3 is 2.41 bits per heavy atom. The number of carbonyl (C=O) groups is 2. The molecule has 1 amide bonds. The van der Waals surface area contributed by atoms with Gasteiger partial charge >= 0.3 is 5.97 Å². The van der Waals surface area contributed by atoms with Crippen molar-refractivity contribution in [3.8, 4) is 11.5 Å². The van der Waals surface area contributed by atoms with Gasteiger partial charge in [0, 0.05) is 10.6 Å². The molecular formula is C20H22ClNO5. The van der Waals surface area contributed by atoms with Crippen LogP contribution in [0.2, 0.25) is 5.02 Å². The first-order valence-electron chi connectivity index (χ1n) is 8.42. The van der Waals surface area contributed by atoms with Crippen molar-refractivity contribution in [2.75, 3.05) is 13.7 Å². The molecule has 144 valence electrons. The molecule has 2 aromatic carbocycles. The zero-order valence-corrected chi connectivity index (χ0v) is 16.2. The van der Waals surface area contributed by atoms with Crippen LogP contribution < -0.4 is 14.8 Å². The lowest BCUT2D eigenvalue weighted by Crippen LogP contribution is -2.31. The molecule has 2 rings (SSSR count). The van der Waals surface area contributed by atoms with E-state index in [-0.39, 0.29) is 12.6 Å². The molecule has 0 fully saturated rings. The molecule has 6 nitrogen and oxygen atoms in total. The van der Waals surface area contributed by atoms with Crippen molar-refractivity contribution in [1.29, 1.82) is 0 Å². The third kappa shape index (κ3) is 6.49. The van der Waals surface area contributed by atoms with E-state index in [9.17, 15) is 9.59 Å². The highest BCUT2D eigenvalue weighted by Gasteiger charge is 2.13. The van der Waals surface area contributed by atoms with Gasteiger partial charge in [-0.05, 0) is 49.7 Å². The Kier molecular flexibility index (Phi) is 7.49. The van der Waals surface area contributed by atoms with E-state index < -0.39 is 11.9 Å². The second kappa shape index (κ2) is 9.83. The van der Waals surface area contributed by atoms with Gasteiger partial charge < -0.3 is 19.5 Å². The van der Waals surface area contributed by atoms with Crippen LogP contribution >= 0.6 is 11.6 Å². The van der Waals surface area contributed by atoms with Crippen molar-refractivity contribution < 1.29 is 23.8 Å². The van der Waals surface area contributed by atoms with Crippen LogP contribution in [0.5, 0.6) is 11.5 Å². The summed E-state index contributed by atoms with van der Waals surface area (Å²) >= 11 is 5.87. The summed E-state index contributed by atoms with van der Waals surface area (Å²) in [7, 11) is 1.49. The molecule has 0 unspecified atom stereocenters. The third-order valence-corrected chi connectivity index (χ3v) is 3.75. The van der Waals surface area contributed by atoms with Gasteiger partial charge in [-0.25, -0.2) is 0 Å². The molecule has 27 heavy (non-hydrogen) atoms. The smallest absolute Gasteiger partial charge is 0.325 e.